The molecule has 3 aromatic rings. The maximum atomic E-state index is 5.45. The van der Waals surface area contributed by atoms with Crippen molar-refractivity contribution in [2.24, 2.45) is 0 Å². The van der Waals surface area contributed by atoms with Crippen molar-refractivity contribution in [2.75, 3.05) is 20.8 Å². The molecule has 0 spiro atoms. The summed E-state index contributed by atoms with van der Waals surface area (Å²) in [5, 5.41) is 4.94. The predicted molar refractivity (Wildman–Crippen MR) is 91.4 cm³/mol. The molecule has 1 aromatic heterocycles. The number of aromatic nitrogens is 1. The van der Waals surface area contributed by atoms with Gasteiger partial charge in [0, 0.05) is 23.1 Å². The van der Waals surface area contributed by atoms with Gasteiger partial charge < -0.3 is 19.8 Å². The second-order valence-corrected chi connectivity index (χ2v) is 5.81. The molecular weight excluding hydrogens is 288 g/mol. The van der Waals surface area contributed by atoms with E-state index in [0.29, 0.717) is 0 Å². The van der Waals surface area contributed by atoms with E-state index in [4.69, 9.17) is 9.47 Å². The van der Waals surface area contributed by atoms with Crippen molar-refractivity contribution < 1.29 is 9.47 Å². The number of benzene rings is 2. The molecule has 2 heterocycles. The fourth-order valence-electron chi connectivity index (χ4n) is 3.50. The average molecular weight is 308 g/mol. The highest BCUT2D eigenvalue weighted by Crippen LogP contribution is 2.36. The summed E-state index contributed by atoms with van der Waals surface area (Å²) in [5.74, 6) is 1.51. The molecule has 23 heavy (non-hydrogen) atoms. The summed E-state index contributed by atoms with van der Waals surface area (Å²) < 4.78 is 10.8. The molecule has 1 aliphatic rings. The van der Waals surface area contributed by atoms with E-state index in [0.717, 1.165) is 24.5 Å². The average Bonchev–Trinajstić information content (AvgIpc) is 3.00. The molecule has 0 saturated carbocycles. The van der Waals surface area contributed by atoms with Crippen LogP contribution in [0.4, 0.5) is 0 Å². The van der Waals surface area contributed by atoms with Crippen LogP contribution in [0.3, 0.4) is 0 Å². The van der Waals surface area contributed by atoms with E-state index in [2.05, 4.69) is 46.7 Å². The number of para-hydroxylation sites is 1. The van der Waals surface area contributed by atoms with Gasteiger partial charge in [-0.1, -0.05) is 24.3 Å². The van der Waals surface area contributed by atoms with Gasteiger partial charge in [0.05, 0.1) is 20.3 Å². The van der Waals surface area contributed by atoms with Crippen LogP contribution in [0.2, 0.25) is 0 Å². The number of hydrogen-bond donors (Lipinski definition) is 2. The highest BCUT2D eigenvalue weighted by Gasteiger charge is 2.25. The maximum Gasteiger partial charge on any atom is 0.161 e. The second kappa shape index (κ2) is 5.63. The summed E-state index contributed by atoms with van der Waals surface area (Å²) in [7, 11) is 3.33. The minimum Gasteiger partial charge on any atom is -0.493 e. The lowest BCUT2D eigenvalue weighted by Gasteiger charge is -2.25. The van der Waals surface area contributed by atoms with Crippen molar-refractivity contribution in [2.45, 2.75) is 12.5 Å². The van der Waals surface area contributed by atoms with Crippen molar-refractivity contribution in [3.8, 4) is 11.5 Å². The normalized spacial score (nSPS) is 17.0. The smallest absolute Gasteiger partial charge is 0.161 e. The van der Waals surface area contributed by atoms with Gasteiger partial charge in [-0.05, 0) is 35.7 Å². The first-order valence-corrected chi connectivity index (χ1v) is 7.86. The Morgan fingerprint density at radius 1 is 1.00 bits per heavy atom. The van der Waals surface area contributed by atoms with Gasteiger partial charge >= 0.3 is 0 Å². The minimum atomic E-state index is 0.144. The molecule has 1 aliphatic heterocycles. The Kier molecular flexibility index (Phi) is 3.46. The Bertz CT molecular complexity index is 854. The SMILES string of the molecule is COc1ccc([C@@H]2NCCc3c2[nH]c2ccccc32)cc1OC. The summed E-state index contributed by atoms with van der Waals surface area (Å²) in [4.78, 5) is 3.60. The van der Waals surface area contributed by atoms with Gasteiger partial charge in [0.25, 0.3) is 0 Å². The molecule has 0 amide bonds. The maximum absolute atomic E-state index is 5.45. The van der Waals surface area contributed by atoms with Crippen LogP contribution in [0.5, 0.6) is 11.5 Å². The fraction of sp³-hybridized carbons (Fsp3) is 0.263. The molecule has 2 aromatic carbocycles. The third-order valence-corrected chi connectivity index (χ3v) is 4.60. The standard InChI is InChI=1S/C19H20N2O2/c1-22-16-8-7-12(11-17(16)23-2)18-19-14(9-10-20-18)13-5-3-4-6-15(13)21-19/h3-8,11,18,20-21H,9-10H2,1-2H3/t18-/m0/s1. The number of nitrogens with one attached hydrogen (secondary N) is 2. The van der Waals surface area contributed by atoms with Crippen LogP contribution in [0.15, 0.2) is 42.5 Å². The minimum absolute atomic E-state index is 0.144. The number of H-pyrrole nitrogens is 1. The summed E-state index contributed by atoms with van der Waals surface area (Å²) in [6.07, 6.45) is 1.04. The van der Waals surface area contributed by atoms with Crippen LogP contribution in [0.1, 0.15) is 22.9 Å². The molecule has 2 N–H and O–H groups in total. The first kappa shape index (κ1) is 14.2. The number of ether oxygens (including phenoxy) is 2. The van der Waals surface area contributed by atoms with Crippen LogP contribution in [-0.4, -0.2) is 25.7 Å². The van der Waals surface area contributed by atoms with Crippen LogP contribution < -0.4 is 14.8 Å². The lowest BCUT2D eigenvalue weighted by Crippen LogP contribution is -2.30. The Labute approximate surface area is 135 Å². The summed E-state index contributed by atoms with van der Waals surface area (Å²) >= 11 is 0. The van der Waals surface area contributed by atoms with E-state index < -0.39 is 0 Å². The zero-order valence-electron chi connectivity index (χ0n) is 13.3. The second-order valence-electron chi connectivity index (χ2n) is 5.81. The van der Waals surface area contributed by atoms with Gasteiger partial charge in [-0.2, -0.15) is 0 Å². The first-order chi connectivity index (χ1) is 11.3. The van der Waals surface area contributed by atoms with E-state index in [9.17, 15) is 0 Å². The van der Waals surface area contributed by atoms with Crippen LogP contribution >= 0.6 is 0 Å². The number of rotatable bonds is 3. The molecular formula is C19H20N2O2. The van der Waals surface area contributed by atoms with E-state index in [1.807, 2.05) is 6.07 Å². The van der Waals surface area contributed by atoms with Gasteiger partial charge in [0.15, 0.2) is 11.5 Å². The van der Waals surface area contributed by atoms with E-state index in [-0.39, 0.29) is 6.04 Å². The molecule has 4 heteroatoms. The zero-order chi connectivity index (χ0) is 15.8. The summed E-state index contributed by atoms with van der Waals surface area (Å²) in [5.41, 5.74) is 5.05. The van der Waals surface area contributed by atoms with Gasteiger partial charge in [-0.3, -0.25) is 0 Å². The van der Waals surface area contributed by atoms with Crippen molar-refractivity contribution in [3.63, 3.8) is 0 Å². The van der Waals surface area contributed by atoms with Crippen molar-refractivity contribution >= 4 is 10.9 Å². The third kappa shape index (κ3) is 2.26. The molecule has 0 saturated heterocycles. The lowest BCUT2D eigenvalue weighted by atomic mass is 9.94. The van der Waals surface area contributed by atoms with Crippen molar-refractivity contribution in [1.29, 1.82) is 0 Å². The molecule has 0 fully saturated rings. The monoisotopic (exact) mass is 308 g/mol. The zero-order valence-corrected chi connectivity index (χ0v) is 13.3. The lowest BCUT2D eigenvalue weighted by molar-refractivity contribution is 0.354. The highest BCUT2D eigenvalue weighted by atomic mass is 16.5. The van der Waals surface area contributed by atoms with Gasteiger partial charge in [-0.25, -0.2) is 0 Å². The fourth-order valence-corrected chi connectivity index (χ4v) is 3.50. The number of aromatic amines is 1. The predicted octanol–water partition coefficient (Wildman–Crippen LogP) is 3.42. The van der Waals surface area contributed by atoms with Crippen molar-refractivity contribution in [3.05, 3.63) is 59.3 Å². The molecule has 0 unspecified atom stereocenters. The quantitative estimate of drug-likeness (QED) is 0.779. The Morgan fingerprint density at radius 2 is 1.83 bits per heavy atom. The molecule has 0 bridgehead atoms. The van der Waals surface area contributed by atoms with Crippen LogP contribution in [0.25, 0.3) is 10.9 Å². The van der Waals surface area contributed by atoms with Gasteiger partial charge in [-0.15, -0.1) is 0 Å². The largest absolute Gasteiger partial charge is 0.493 e. The number of methoxy groups -OCH3 is 2. The van der Waals surface area contributed by atoms with Crippen LogP contribution in [0, 0.1) is 0 Å². The number of hydrogen-bond acceptors (Lipinski definition) is 3. The van der Waals surface area contributed by atoms with Gasteiger partial charge in [0.2, 0.25) is 0 Å². The van der Waals surface area contributed by atoms with E-state index in [1.165, 1.54) is 27.7 Å². The molecule has 1 atom stereocenters. The van der Waals surface area contributed by atoms with E-state index >= 15 is 0 Å². The third-order valence-electron chi connectivity index (χ3n) is 4.60. The highest BCUT2D eigenvalue weighted by molar-refractivity contribution is 5.85. The molecule has 118 valence electrons. The van der Waals surface area contributed by atoms with E-state index in [1.54, 1.807) is 14.2 Å². The van der Waals surface area contributed by atoms with Gasteiger partial charge in [0.1, 0.15) is 0 Å². The summed E-state index contributed by atoms with van der Waals surface area (Å²) in [6.45, 7) is 0.966. The van der Waals surface area contributed by atoms with Crippen molar-refractivity contribution in [1.82, 2.24) is 10.3 Å². The molecule has 0 radical (unpaired) electrons. The Balaban J connectivity index is 1.83. The molecule has 0 aliphatic carbocycles. The Hall–Kier alpha value is -2.46. The molecule has 4 nitrogen and oxygen atoms in total. The van der Waals surface area contributed by atoms with Crippen LogP contribution in [-0.2, 0) is 6.42 Å². The number of fused-ring (bicyclic) bond motifs is 3. The molecule has 4 rings (SSSR count). The first-order valence-electron chi connectivity index (χ1n) is 7.86. The summed E-state index contributed by atoms with van der Waals surface area (Å²) in [6, 6.07) is 14.8. The Morgan fingerprint density at radius 3 is 2.65 bits per heavy atom. The topological polar surface area (TPSA) is 46.3 Å².